The van der Waals surface area contributed by atoms with Gasteiger partial charge in [-0.3, -0.25) is 14.8 Å². The van der Waals surface area contributed by atoms with E-state index in [0.717, 1.165) is 17.7 Å². The van der Waals surface area contributed by atoms with E-state index in [-0.39, 0.29) is 23.7 Å². The number of hydrogen-bond donors (Lipinski definition) is 1. The molecule has 1 N–H and O–H groups in total. The van der Waals surface area contributed by atoms with Crippen molar-refractivity contribution >= 4 is 5.91 Å². The van der Waals surface area contributed by atoms with Crippen LogP contribution in [0.15, 0.2) is 42.9 Å². The zero-order valence-corrected chi connectivity index (χ0v) is 10.8. The van der Waals surface area contributed by atoms with Gasteiger partial charge in [0.1, 0.15) is 5.82 Å². The van der Waals surface area contributed by atoms with Crippen LogP contribution in [0.3, 0.4) is 0 Å². The number of carbonyl (C=O) groups is 1. The lowest BCUT2D eigenvalue weighted by molar-refractivity contribution is -0.119. The summed E-state index contributed by atoms with van der Waals surface area (Å²) in [7, 11) is 0. The molecule has 0 bridgehead atoms. The van der Waals surface area contributed by atoms with E-state index < -0.39 is 0 Å². The third-order valence-electron chi connectivity index (χ3n) is 3.56. The van der Waals surface area contributed by atoms with Gasteiger partial charge in [0, 0.05) is 37.0 Å². The molecule has 5 heteroatoms. The standard InChI is InChI=1S/C15H14FN3O/c16-11-3-1-10(2-4-11)15(12-5-6-14(20)19-12)13-9-17-7-8-18-13/h1-4,7-9,12,15H,5-6H2,(H,19,20)/t12-,15-/m1/s1. The van der Waals surface area contributed by atoms with E-state index in [0.29, 0.717) is 6.42 Å². The number of nitrogens with zero attached hydrogens (tertiary/aromatic N) is 2. The Morgan fingerprint density at radius 3 is 2.65 bits per heavy atom. The summed E-state index contributed by atoms with van der Waals surface area (Å²) >= 11 is 0. The highest BCUT2D eigenvalue weighted by molar-refractivity contribution is 5.78. The summed E-state index contributed by atoms with van der Waals surface area (Å²) in [4.78, 5) is 19.9. The maximum atomic E-state index is 13.1. The van der Waals surface area contributed by atoms with Crippen molar-refractivity contribution in [2.75, 3.05) is 0 Å². The molecule has 0 aliphatic carbocycles. The SMILES string of the molecule is O=C1CC[C@H]([C@@H](c2ccc(F)cc2)c2cnccn2)N1. The minimum atomic E-state index is -0.276. The summed E-state index contributed by atoms with van der Waals surface area (Å²) < 4.78 is 13.1. The third kappa shape index (κ3) is 2.52. The van der Waals surface area contributed by atoms with E-state index >= 15 is 0 Å². The number of carbonyl (C=O) groups excluding carboxylic acids is 1. The predicted molar refractivity (Wildman–Crippen MR) is 71.4 cm³/mol. The molecule has 1 amide bonds. The molecule has 2 aromatic rings. The van der Waals surface area contributed by atoms with E-state index in [9.17, 15) is 9.18 Å². The molecule has 3 rings (SSSR count). The lowest BCUT2D eigenvalue weighted by atomic mass is 9.88. The molecule has 0 radical (unpaired) electrons. The number of aromatic nitrogens is 2. The number of benzene rings is 1. The monoisotopic (exact) mass is 271 g/mol. The highest BCUT2D eigenvalue weighted by Crippen LogP contribution is 2.30. The second-order valence-electron chi connectivity index (χ2n) is 4.87. The smallest absolute Gasteiger partial charge is 0.220 e. The van der Waals surface area contributed by atoms with E-state index in [4.69, 9.17) is 0 Å². The Morgan fingerprint density at radius 1 is 1.25 bits per heavy atom. The van der Waals surface area contributed by atoms with Crippen LogP contribution >= 0.6 is 0 Å². The van der Waals surface area contributed by atoms with Crippen LogP contribution in [0.5, 0.6) is 0 Å². The van der Waals surface area contributed by atoms with Crippen LogP contribution in [0.4, 0.5) is 4.39 Å². The molecule has 4 nitrogen and oxygen atoms in total. The minimum absolute atomic E-state index is 0.0235. The van der Waals surface area contributed by atoms with Crippen molar-refractivity contribution in [1.82, 2.24) is 15.3 Å². The van der Waals surface area contributed by atoms with Gasteiger partial charge in [-0.2, -0.15) is 0 Å². The summed E-state index contributed by atoms with van der Waals surface area (Å²) in [6.45, 7) is 0. The first kappa shape index (κ1) is 12.7. The zero-order chi connectivity index (χ0) is 13.9. The number of nitrogens with one attached hydrogen (secondary N) is 1. The second kappa shape index (κ2) is 5.36. The van der Waals surface area contributed by atoms with Crippen molar-refractivity contribution in [3.8, 4) is 0 Å². The van der Waals surface area contributed by atoms with Gasteiger partial charge in [0.15, 0.2) is 0 Å². The molecule has 1 fully saturated rings. The number of halogens is 1. The van der Waals surface area contributed by atoms with Crippen LogP contribution in [-0.2, 0) is 4.79 Å². The van der Waals surface area contributed by atoms with Crippen molar-refractivity contribution in [1.29, 1.82) is 0 Å². The molecular weight excluding hydrogens is 257 g/mol. The van der Waals surface area contributed by atoms with Gasteiger partial charge in [0.05, 0.1) is 5.69 Å². The fraction of sp³-hybridized carbons (Fsp3) is 0.267. The molecule has 2 heterocycles. The molecule has 0 unspecified atom stereocenters. The van der Waals surface area contributed by atoms with Gasteiger partial charge < -0.3 is 5.32 Å². The van der Waals surface area contributed by atoms with Crippen LogP contribution in [0.1, 0.15) is 30.0 Å². The first-order valence-corrected chi connectivity index (χ1v) is 6.55. The first-order chi connectivity index (χ1) is 9.74. The quantitative estimate of drug-likeness (QED) is 0.929. The van der Waals surface area contributed by atoms with Crippen LogP contribution in [0, 0.1) is 5.82 Å². The van der Waals surface area contributed by atoms with Gasteiger partial charge in [-0.1, -0.05) is 12.1 Å². The molecule has 2 atom stereocenters. The largest absolute Gasteiger partial charge is 0.352 e. The normalized spacial score (nSPS) is 19.6. The van der Waals surface area contributed by atoms with Crippen LogP contribution in [0.2, 0.25) is 0 Å². The number of hydrogen-bond acceptors (Lipinski definition) is 3. The Labute approximate surface area is 116 Å². The maximum absolute atomic E-state index is 13.1. The molecule has 20 heavy (non-hydrogen) atoms. The van der Waals surface area contributed by atoms with Crippen molar-refractivity contribution in [2.24, 2.45) is 0 Å². The summed E-state index contributed by atoms with van der Waals surface area (Å²) in [5.74, 6) is -0.330. The fourth-order valence-corrected chi connectivity index (χ4v) is 2.64. The molecule has 1 aliphatic heterocycles. The highest BCUT2D eigenvalue weighted by atomic mass is 19.1. The van der Waals surface area contributed by atoms with Gasteiger partial charge in [-0.05, 0) is 24.1 Å². The summed E-state index contributed by atoms with van der Waals surface area (Å²) in [5, 5.41) is 2.97. The third-order valence-corrected chi connectivity index (χ3v) is 3.56. The Morgan fingerprint density at radius 2 is 2.05 bits per heavy atom. The van der Waals surface area contributed by atoms with Crippen LogP contribution in [-0.4, -0.2) is 21.9 Å². The lowest BCUT2D eigenvalue weighted by Crippen LogP contribution is -2.32. The molecule has 1 aromatic carbocycles. The Kier molecular flexibility index (Phi) is 3.41. The molecule has 0 spiro atoms. The van der Waals surface area contributed by atoms with Crippen molar-refractivity contribution in [2.45, 2.75) is 24.8 Å². The molecular formula is C15H14FN3O. The average Bonchev–Trinajstić information content (AvgIpc) is 2.89. The predicted octanol–water partition coefficient (Wildman–Crippen LogP) is 2.03. The Hall–Kier alpha value is -2.30. The second-order valence-corrected chi connectivity index (χ2v) is 4.87. The summed E-state index contributed by atoms with van der Waals surface area (Å²) in [5.41, 5.74) is 1.71. The van der Waals surface area contributed by atoms with Crippen LogP contribution < -0.4 is 5.32 Å². The topological polar surface area (TPSA) is 54.9 Å². The first-order valence-electron chi connectivity index (χ1n) is 6.55. The van der Waals surface area contributed by atoms with Gasteiger partial charge in [-0.25, -0.2) is 4.39 Å². The summed E-state index contributed by atoms with van der Waals surface area (Å²) in [6, 6.07) is 6.30. The fourth-order valence-electron chi connectivity index (χ4n) is 2.64. The van der Waals surface area contributed by atoms with E-state index in [1.807, 2.05) is 0 Å². The van der Waals surface area contributed by atoms with E-state index in [2.05, 4.69) is 15.3 Å². The minimum Gasteiger partial charge on any atom is -0.352 e. The lowest BCUT2D eigenvalue weighted by Gasteiger charge is -2.23. The van der Waals surface area contributed by atoms with Gasteiger partial charge >= 0.3 is 0 Å². The van der Waals surface area contributed by atoms with Crippen molar-refractivity contribution < 1.29 is 9.18 Å². The highest BCUT2D eigenvalue weighted by Gasteiger charge is 2.32. The molecule has 1 saturated heterocycles. The molecule has 1 aliphatic rings. The van der Waals surface area contributed by atoms with Crippen molar-refractivity contribution in [3.63, 3.8) is 0 Å². The average molecular weight is 271 g/mol. The molecule has 1 aromatic heterocycles. The van der Waals surface area contributed by atoms with Crippen LogP contribution in [0.25, 0.3) is 0 Å². The summed E-state index contributed by atoms with van der Waals surface area (Å²) in [6.07, 6.45) is 6.19. The molecule has 102 valence electrons. The Bertz CT molecular complexity index is 600. The maximum Gasteiger partial charge on any atom is 0.220 e. The van der Waals surface area contributed by atoms with E-state index in [1.54, 1.807) is 30.7 Å². The van der Waals surface area contributed by atoms with Gasteiger partial charge in [0.25, 0.3) is 0 Å². The zero-order valence-electron chi connectivity index (χ0n) is 10.8. The Balaban J connectivity index is 1.99. The van der Waals surface area contributed by atoms with E-state index in [1.165, 1.54) is 12.1 Å². The van der Waals surface area contributed by atoms with Crippen molar-refractivity contribution in [3.05, 3.63) is 59.9 Å². The number of rotatable bonds is 3. The number of amides is 1. The van der Waals surface area contributed by atoms with Gasteiger partial charge in [0.2, 0.25) is 5.91 Å². The molecule has 0 saturated carbocycles. The van der Waals surface area contributed by atoms with Gasteiger partial charge in [-0.15, -0.1) is 0 Å².